The summed E-state index contributed by atoms with van der Waals surface area (Å²) in [6.45, 7) is 0. The van der Waals surface area contributed by atoms with Gasteiger partial charge in [0.2, 0.25) is 5.28 Å². The van der Waals surface area contributed by atoms with Gasteiger partial charge in [-0.2, -0.15) is 10.1 Å². The largest absolute Gasteiger partial charge is 0.338 e. The van der Waals surface area contributed by atoms with E-state index in [1.54, 1.807) is 6.20 Å². The molecule has 0 bridgehead atoms. The third-order valence-corrected chi connectivity index (χ3v) is 3.14. The number of benzene rings is 1. The fourth-order valence-electron chi connectivity index (χ4n) is 1.79. The second kappa shape index (κ2) is 5.48. The van der Waals surface area contributed by atoms with Gasteiger partial charge in [-0.3, -0.25) is 5.10 Å². The Balaban J connectivity index is 2.01. The molecule has 0 saturated heterocycles. The zero-order valence-electron chi connectivity index (χ0n) is 10.1. The molecule has 7 heteroatoms. The zero-order chi connectivity index (χ0) is 13.9. The van der Waals surface area contributed by atoms with Crippen LogP contribution in [0.2, 0.25) is 10.3 Å². The number of hydrogen-bond donors (Lipinski definition) is 2. The molecule has 0 aliphatic carbocycles. The molecule has 0 aliphatic rings. The van der Waals surface area contributed by atoms with Gasteiger partial charge in [0.1, 0.15) is 5.02 Å². The van der Waals surface area contributed by atoms with E-state index in [2.05, 4.69) is 25.5 Å². The van der Waals surface area contributed by atoms with Crippen molar-refractivity contribution in [2.24, 2.45) is 0 Å². The summed E-state index contributed by atoms with van der Waals surface area (Å²) in [6.07, 6.45) is 3.15. The first-order chi connectivity index (χ1) is 9.74. The summed E-state index contributed by atoms with van der Waals surface area (Å²) in [6, 6.07) is 9.62. The second-order valence-corrected chi connectivity index (χ2v) is 4.72. The highest BCUT2D eigenvalue weighted by atomic mass is 35.5. The first-order valence-electron chi connectivity index (χ1n) is 5.78. The number of rotatable bonds is 3. The van der Waals surface area contributed by atoms with Crippen LogP contribution in [0.5, 0.6) is 0 Å². The van der Waals surface area contributed by atoms with Gasteiger partial charge in [0.15, 0.2) is 5.82 Å². The fourth-order valence-corrected chi connectivity index (χ4v) is 2.07. The Kier molecular flexibility index (Phi) is 3.54. The second-order valence-electron chi connectivity index (χ2n) is 3.98. The zero-order valence-corrected chi connectivity index (χ0v) is 11.7. The maximum Gasteiger partial charge on any atom is 0.224 e. The molecule has 100 valence electrons. The van der Waals surface area contributed by atoms with E-state index in [0.717, 1.165) is 16.9 Å². The van der Waals surface area contributed by atoms with Gasteiger partial charge in [-0.1, -0.05) is 29.8 Å². The van der Waals surface area contributed by atoms with Gasteiger partial charge < -0.3 is 5.32 Å². The SMILES string of the molecule is Clc1ncc(Cl)c(Nc2ccccc2-c2ccn[nH]2)n1. The summed E-state index contributed by atoms with van der Waals surface area (Å²) in [7, 11) is 0. The molecule has 5 nitrogen and oxygen atoms in total. The predicted octanol–water partition coefficient (Wildman–Crippen LogP) is 3.92. The number of anilines is 2. The summed E-state index contributed by atoms with van der Waals surface area (Å²) < 4.78 is 0. The molecule has 2 N–H and O–H groups in total. The third-order valence-electron chi connectivity index (χ3n) is 2.69. The number of para-hydroxylation sites is 1. The van der Waals surface area contributed by atoms with Crippen LogP contribution in [0.3, 0.4) is 0 Å². The number of nitrogens with one attached hydrogen (secondary N) is 2. The van der Waals surface area contributed by atoms with Crippen LogP contribution in [0, 0.1) is 0 Å². The van der Waals surface area contributed by atoms with Gasteiger partial charge in [-0.25, -0.2) is 4.98 Å². The molecule has 0 radical (unpaired) electrons. The third kappa shape index (κ3) is 2.59. The lowest BCUT2D eigenvalue weighted by Crippen LogP contribution is -1.98. The highest BCUT2D eigenvalue weighted by Crippen LogP contribution is 2.30. The average Bonchev–Trinajstić information content (AvgIpc) is 2.97. The van der Waals surface area contributed by atoms with Crippen molar-refractivity contribution in [1.29, 1.82) is 0 Å². The molecule has 2 aromatic heterocycles. The van der Waals surface area contributed by atoms with E-state index in [0.29, 0.717) is 10.8 Å². The number of nitrogens with zero attached hydrogens (tertiary/aromatic N) is 3. The number of aromatic amines is 1. The number of H-pyrrole nitrogens is 1. The Morgan fingerprint density at radius 2 is 1.95 bits per heavy atom. The van der Waals surface area contributed by atoms with Crippen molar-refractivity contribution in [1.82, 2.24) is 20.2 Å². The normalized spacial score (nSPS) is 10.5. The average molecular weight is 306 g/mol. The van der Waals surface area contributed by atoms with E-state index >= 15 is 0 Å². The van der Waals surface area contributed by atoms with Crippen molar-refractivity contribution in [3.8, 4) is 11.3 Å². The van der Waals surface area contributed by atoms with Crippen molar-refractivity contribution < 1.29 is 0 Å². The molecule has 3 rings (SSSR count). The molecular formula is C13H9Cl2N5. The Hall–Kier alpha value is -2.11. The number of halogens is 2. The van der Waals surface area contributed by atoms with Crippen LogP contribution in [0.15, 0.2) is 42.7 Å². The maximum atomic E-state index is 6.06. The molecule has 0 saturated carbocycles. The van der Waals surface area contributed by atoms with E-state index in [1.165, 1.54) is 6.20 Å². The van der Waals surface area contributed by atoms with Crippen LogP contribution in [0.25, 0.3) is 11.3 Å². The highest BCUT2D eigenvalue weighted by Gasteiger charge is 2.09. The Labute approximate surface area is 125 Å². The summed E-state index contributed by atoms with van der Waals surface area (Å²) >= 11 is 11.8. The minimum atomic E-state index is 0.135. The summed E-state index contributed by atoms with van der Waals surface area (Å²) in [5, 5.41) is 10.6. The van der Waals surface area contributed by atoms with E-state index < -0.39 is 0 Å². The van der Waals surface area contributed by atoms with Crippen molar-refractivity contribution in [2.45, 2.75) is 0 Å². The molecule has 3 aromatic rings. The molecule has 0 atom stereocenters. The topological polar surface area (TPSA) is 66.5 Å². The van der Waals surface area contributed by atoms with E-state index in [1.807, 2.05) is 30.3 Å². The Bertz CT molecular complexity index is 727. The van der Waals surface area contributed by atoms with Gasteiger partial charge in [-0.15, -0.1) is 0 Å². The van der Waals surface area contributed by atoms with Crippen LogP contribution in [0.1, 0.15) is 0 Å². The summed E-state index contributed by atoms with van der Waals surface area (Å²) in [5.74, 6) is 0.457. The standard InChI is InChI=1S/C13H9Cl2N5/c14-9-7-16-13(15)19-12(9)18-10-4-2-1-3-8(10)11-5-6-17-20-11/h1-7H,(H,17,20)(H,16,18,19). The number of hydrogen-bond acceptors (Lipinski definition) is 4. The van der Waals surface area contributed by atoms with E-state index in [4.69, 9.17) is 23.2 Å². The molecule has 0 fully saturated rings. The fraction of sp³-hybridized carbons (Fsp3) is 0. The maximum absolute atomic E-state index is 6.06. The molecule has 0 amide bonds. The van der Waals surface area contributed by atoms with Gasteiger partial charge >= 0.3 is 0 Å². The molecular weight excluding hydrogens is 297 g/mol. The van der Waals surface area contributed by atoms with Crippen LogP contribution in [0.4, 0.5) is 11.5 Å². The molecule has 0 aliphatic heterocycles. The van der Waals surface area contributed by atoms with Gasteiger partial charge in [0, 0.05) is 17.4 Å². The van der Waals surface area contributed by atoms with Crippen LogP contribution < -0.4 is 5.32 Å². The Morgan fingerprint density at radius 1 is 1.10 bits per heavy atom. The van der Waals surface area contributed by atoms with E-state index in [-0.39, 0.29) is 5.28 Å². The highest BCUT2D eigenvalue weighted by molar-refractivity contribution is 6.33. The van der Waals surface area contributed by atoms with Crippen LogP contribution in [-0.2, 0) is 0 Å². The van der Waals surface area contributed by atoms with Crippen molar-refractivity contribution in [3.63, 3.8) is 0 Å². The lowest BCUT2D eigenvalue weighted by molar-refractivity contribution is 1.09. The molecule has 1 aromatic carbocycles. The first-order valence-corrected chi connectivity index (χ1v) is 6.53. The first kappa shape index (κ1) is 12.9. The van der Waals surface area contributed by atoms with Gasteiger partial charge in [-0.05, 0) is 23.7 Å². The monoisotopic (exact) mass is 305 g/mol. The van der Waals surface area contributed by atoms with Crippen molar-refractivity contribution in [3.05, 3.63) is 53.0 Å². The molecule has 2 heterocycles. The predicted molar refractivity (Wildman–Crippen MR) is 79.4 cm³/mol. The lowest BCUT2D eigenvalue weighted by atomic mass is 10.1. The van der Waals surface area contributed by atoms with Gasteiger partial charge in [0.05, 0.1) is 11.9 Å². The smallest absolute Gasteiger partial charge is 0.224 e. The van der Waals surface area contributed by atoms with Crippen LogP contribution >= 0.6 is 23.2 Å². The molecule has 0 unspecified atom stereocenters. The van der Waals surface area contributed by atoms with Crippen molar-refractivity contribution in [2.75, 3.05) is 5.32 Å². The lowest BCUT2D eigenvalue weighted by Gasteiger charge is -2.11. The minimum absolute atomic E-state index is 0.135. The molecule has 0 spiro atoms. The summed E-state index contributed by atoms with van der Waals surface area (Å²) in [4.78, 5) is 7.90. The number of aromatic nitrogens is 4. The van der Waals surface area contributed by atoms with Crippen molar-refractivity contribution >= 4 is 34.7 Å². The minimum Gasteiger partial charge on any atom is -0.338 e. The van der Waals surface area contributed by atoms with Gasteiger partial charge in [0.25, 0.3) is 0 Å². The Morgan fingerprint density at radius 3 is 2.75 bits per heavy atom. The molecule has 20 heavy (non-hydrogen) atoms. The quantitative estimate of drug-likeness (QED) is 0.720. The summed E-state index contributed by atoms with van der Waals surface area (Å²) in [5.41, 5.74) is 2.69. The van der Waals surface area contributed by atoms with E-state index in [9.17, 15) is 0 Å². The van der Waals surface area contributed by atoms with Crippen LogP contribution in [-0.4, -0.2) is 20.2 Å².